The molecule has 0 bridgehead atoms. The van der Waals surface area contributed by atoms with Crippen molar-refractivity contribution in [2.24, 2.45) is 62.1 Å². The molecule has 7 heteroatoms. The lowest BCUT2D eigenvalue weighted by Gasteiger charge is -2.73. The summed E-state index contributed by atoms with van der Waals surface area (Å²) < 4.78 is 12.2. The summed E-state index contributed by atoms with van der Waals surface area (Å²) >= 11 is 0. The Balaban J connectivity index is 1.33. The molecule has 7 nitrogen and oxygen atoms in total. The van der Waals surface area contributed by atoms with Crippen molar-refractivity contribution in [3.05, 3.63) is 12.2 Å². The number of hydrogen-bond acceptors (Lipinski definition) is 6. The van der Waals surface area contributed by atoms with Gasteiger partial charge in [0.25, 0.3) is 0 Å². The van der Waals surface area contributed by atoms with Gasteiger partial charge in [0, 0.05) is 11.0 Å². The Kier molecular flexibility index (Phi) is 10.9. The second-order valence-corrected chi connectivity index (χ2v) is 21.4. The number of carbonyl (C=O) groups is 3. The summed E-state index contributed by atoms with van der Waals surface area (Å²) in [6.45, 7) is 30.0. The van der Waals surface area contributed by atoms with Crippen molar-refractivity contribution in [3.63, 3.8) is 0 Å². The zero-order valence-electron chi connectivity index (χ0n) is 34.3. The molecule has 5 aliphatic carbocycles. The summed E-state index contributed by atoms with van der Waals surface area (Å²) in [4.78, 5) is 37.3. The number of nitrogens with one attached hydrogen (secondary N) is 1. The van der Waals surface area contributed by atoms with Crippen LogP contribution in [0.25, 0.3) is 0 Å². The number of carbonyl (C=O) groups excluding carboxylic acids is 2. The first-order chi connectivity index (χ1) is 23.4. The third-order valence-corrected chi connectivity index (χ3v) is 16.3. The molecule has 0 saturated heterocycles. The molecule has 0 spiro atoms. The van der Waals surface area contributed by atoms with Crippen molar-refractivity contribution < 1.29 is 29.0 Å². The number of esters is 2. The minimum atomic E-state index is -0.882. The lowest BCUT2D eigenvalue weighted by atomic mass is 9.32. The zero-order valence-corrected chi connectivity index (χ0v) is 34.3. The van der Waals surface area contributed by atoms with E-state index in [9.17, 15) is 19.5 Å². The van der Waals surface area contributed by atoms with E-state index in [4.69, 9.17) is 9.47 Å². The second-order valence-electron chi connectivity index (χ2n) is 21.4. The van der Waals surface area contributed by atoms with Crippen LogP contribution in [0, 0.1) is 62.1 Å². The van der Waals surface area contributed by atoms with Crippen LogP contribution >= 0.6 is 0 Å². The van der Waals surface area contributed by atoms with Crippen molar-refractivity contribution in [2.45, 2.75) is 171 Å². The molecule has 5 aliphatic rings. The monoisotopic (exact) mass is 712 g/mol. The fourth-order valence-electron chi connectivity index (χ4n) is 13.7. The van der Waals surface area contributed by atoms with Gasteiger partial charge in [-0.25, -0.2) is 0 Å². The highest BCUT2D eigenvalue weighted by Crippen LogP contribution is 2.78. The van der Waals surface area contributed by atoms with Gasteiger partial charge in [-0.05, 0) is 155 Å². The highest BCUT2D eigenvalue weighted by Gasteiger charge is 2.71. The molecule has 51 heavy (non-hydrogen) atoms. The number of carboxylic acid groups (broad SMARTS) is 1. The number of ether oxygens (including phenoxy) is 2. The van der Waals surface area contributed by atoms with Gasteiger partial charge >= 0.3 is 17.9 Å². The van der Waals surface area contributed by atoms with Gasteiger partial charge in [0.15, 0.2) is 0 Å². The molecule has 0 aromatic rings. The predicted octanol–water partition coefficient (Wildman–Crippen LogP) is 9.77. The lowest BCUT2D eigenvalue weighted by Crippen LogP contribution is -2.66. The van der Waals surface area contributed by atoms with E-state index in [1.807, 2.05) is 13.8 Å². The molecule has 5 rings (SSSR count). The molecule has 0 unspecified atom stereocenters. The minimum Gasteiger partial charge on any atom is -0.481 e. The van der Waals surface area contributed by atoms with Gasteiger partial charge in [-0.2, -0.15) is 0 Å². The summed E-state index contributed by atoms with van der Waals surface area (Å²) in [5.41, 5.74) is 1.25. The Bertz CT molecular complexity index is 1360. The van der Waals surface area contributed by atoms with Gasteiger partial charge in [-0.3, -0.25) is 14.4 Å². The van der Waals surface area contributed by atoms with E-state index in [0.29, 0.717) is 36.2 Å². The molecule has 10 atom stereocenters. The highest BCUT2D eigenvalue weighted by molar-refractivity contribution is 5.73. The average molecular weight is 712 g/mol. The van der Waals surface area contributed by atoms with E-state index < -0.39 is 11.4 Å². The summed E-state index contributed by atoms with van der Waals surface area (Å²) in [5.74, 6) is 1.53. The fraction of sp³-hybridized carbons (Fsp3) is 0.886. The fourth-order valence-corrected chi connectivity index (χ4v) is 13.7. The Hall–Kier alpha value is -1.89. The molecule has 0 aliphatic heterocycles. The number of hydrogen-bond donors (Lipinski definition) is 2. The first-order valence-corrected chi connectivity index (χ1v) is 20.4. The van der Waals surface area contributed by atoms with Crippen LogP contribution in [0.1, 0.15) is 160 Å². The van der Waals surface area contributed by atoms with Gasteiger partial charge in [0.05, 0.1) is 26.0 Å². The van der Waals surface area contributed by atoms with Crippen LogP contribution in [0.15, 0.2) is 12.2 Å². The van der Waals surface area contributed by atoms with E-state index in [-0.39, 0.29) is 70.0 Å². The van der Waals surface area contributed by atoms with E-state index in [1.165, 1.54) is 50.5 Å². The van der Waals surface area contributed by atoms with Crippen LogP contribution in [0.2, 0.25) is 0 Å². The van der Waals surface area contributed by atoms with Crippen LogP contribution in [0.4, 0.5) is 0 Å². The Morgan fingerprint density at radius 3 is 2.12 bits per heavy atom. The van der Waals surface area contributed by atoms with Gasteiger partial charge in [0.1, 0.15) is 6.10 Å². The standard InChI is InChI=1S/C44H73NO6/c1-28(2)29-15-20-44(23-24-50-36(49)27-45-38(3,4)5)22-21-42(11)30(37(29)44)13-14-32-41(10)18-17-33(40(8,9)31(41)16-19-43(32,42)12)51-35(48)26-39(6,7)25-34(46)47/h29-33,37,45H,1,13-27H2,2-12H3,(H,46,47)/t29-,30+,31-,32+,33-,37+,41-,42+,43+,44+/m0/s1. The quantitative estimate of drug-likeness (QED) is 0.163. The van der Waals surface area contributed by atoms with Crippen LogP contribution in [-0.2, 0) is 23.9 Å². The van der Waals surface area contributed by atoms with Crippen LogP contribution < -0.4 is 5.32 Å². The first-order valence-electron chi connectivity index (χ1n) is 20.4. The maximum Gasteiger partial charge on any atom is 0.319 e. The van der Waals surface area contributed by atoms with E-state index >= 15 is 0 Å². The second kappa shape index (κ2) is 13.8. The van der Waals surface area contributed by atoms with Crippen LogP contribution in [-0.4, -0.2) is 47.8 Å². The SMILES string of the molecule is C=C(C)[C@@H]1CC[C@]2(CCOC(=O)CNC(C)(C)C)CC[C@]3(C)[C@H](CC[C@@H]4[C@@]5(C)CC[C@H](OC(=O)CC(C)(C)CC(=O)O)C(C)(C)[C@@H]5CC[C@]43C)[C@@H]12. The van der Waals surface area contributed by atoms with Gasteiger partial charge in [0.2, 0.25) is 0 Å². The largest absolute Gasteiger partial charge is 0.481 e. The maximum absolute atomic E-state index is 13.2. The molecule has 5 saturated carbocycles. The lowest BCUT2D eigenvalue weighted by molar-refractivity contribution is -0.251. The molecule has 0 radical (unpaired) electrons. The number of rotatable bonds is 11. The van der Waals surface area contributed by atoms with Gasteiger partial charge < -0.3 is 19.9 Å². The van der Waals surface area contributed by atoms with Gasteiger partial charge in [-0.15, -0.1) is 0 Å². The molecular weight excluding hydrogens is 638 g/mol. The van der Waals surface area contributed by atoms with E-state index in [0.717, 1.165) is 25.7 Å². The summed E-state index contributed by atoms with van der Waals surface area (Å²) in [5, 5.41) is 12.6. The van der Waals surface area contributed by atoms with Crippen molar-refractivity contribution in [2.75, 3.05) is 13.2 Å². The normalized spacial score (nSPS) is 40.2. The Morgan fingerprint density at radius 1 is 0.804 bits per heavy atom. The van der Waals surface area contributed by atoms with Crippen molar-refractivity contribution in [3.8, 4) is 0 Å². The number of fused-ring (bicyclic) bond motifs is 7. The van der Waals surface area contributed by atoms with E-state index in [2.05, 4.69) is 74.2 Å². The molecule has 0 aromatic heterocycles. The van der Waals surface area contributed by atoms with Crippen molar-refractivity contribution in [1.29, 1.82) is 0 Å². The molecule has 2 N–H and O–H groups in total. The molecule has 0 amide bonds. The molecular formula is C44H73NO6. The highest BCUT2D eigenvalue weighted by atomic mass is 16.5. The Morgan fingerprint density at radius 2 is 1.49 bits per heavy atom. The van der Waals surface area contributed by atoms with Crippen molar-refractivity contribution >= 4 is 17.9 Å². The van der Waals surface area contributed by atoms with Gasteiger partial charge in [-0.1, -0.05) is 60.6 Å². The molecule has 290 valence electrons. The Labute approximate surface area is 310 Å². The topological polar surface area (TPSA) is 102 Å². The number of carboxylic acids is 1. The van der Waals surface area contributed by atoms with Crippen molar-refractivity contribution in [1.82, 2.24) is 5.32 Å². The molecule has 5 fully saturated rings. The average Bonchev–Trinajstić information content (AvgIpc) is 3.37. The zero-order chi connectivity index (χ0) is 38.0. The predicted molar refractivity (Wildman–Crippen MR) is 203 cm³/mol. The van der Waals surface area contributed by atoms with E-state index in [1.54, 1.807) is 0 Å². The van der Waals surface area contributed by atoms with Crippen LogP contribution in [0.5, 0.6) is 0 Å². The number of allylic oxidation sites excluding steroid dienone is 1. The first kappa shape index (κ1) is 40.3. The molecule has 0 aromatic carbocycles. The summed E-state index contributed by atoms with van der Waals surface area (Å²) in [6, 6.07) is 0. The summed E-state index contributed by atoms with van der Waals surface area (Å²) in [6.07, 6.45) is 12.5. The number of aliphatic carboxylic acids is 1. The molecule has 0 heterocycles. The minimum absolute atomic E-state index is 0.0468. The summed E-state index contributed by atoms with van der Waals surface area (Å²) in [7, 11) is 0. The smallest absolute Gasteiger partial charge is 0.319 e. The third kappa shape index (κ3) is 7.33. The van der Waals surface area contributed by atoms with Crippen LogP contribution in [0.3, 0.4) is 0 Å². The third-order valence-electron chi connectivity index (χ3n) is 16.3. The maximum atomic E-state index is 13.2.